The summed E-state index contributed by atoms with van der Waals surface area (Å²) in [4.78, 5) is 12.2. The second kappa shape index (κ2) is 5.21. The molecule has 19 heavy (non-hydrogen) atoms. The fourth-order valence-corrected chi connectivity index (χ4v) is 2.43. The number of aromatic hydroxyl groups is 1. The van der Waals surface area contributed by atoms with E-state index >= 15 is 0 Å². The van der Waals surface area contributed by atoms with Crippen molar-refractivity contribution in [3.8, 4) is 5.75 Å². The summed E-state index contributed by atoms with van der Waals surface area (Å²) in [6.45, 7) is 6.86. The van der Waals surface area contributed by atoms with Crippen LogP contribution in [0.1, 0.15) is 32.3 Å². The number of nitrogens with one attached hydrogen (secondary N) is 1. The van der Waals surface area contributed by atoms with E-state index in [1.54, 1.807) is 12.1 Å². The molecule has 2 N–H and O–H groups in total. The fraction of sp³-hybridized carbons (Fsp3) is 0.533. The summed E-state index contributed by atoms with van der Waals surface area (Å²) < 4.78 is 5.45. The minimum Gasteiger partial charge on any atom is -0.508 e. The van der Waals surface area contributed by atoms with E-state index in [-0.39, 0.29) is 23.6 Å². The van der Waals surface area contributed by atoms with E-state index in [0.717, 1.165) is 5.56 Å². The van der Waals surface area contributed by atoms with Crippen LogP contribution in [-0.4, -0.2) is 29.8 Å². The van der Waals surface area contributed by atoms with Gasteiger partial charge in [-0.1, -0.05) is 18.2 Å². The Morgan fingerprint density at radius 2 is 2.00 bits per heavy atom. The van der Waals surface area contributed by atoms with Crippen LogP contribution in [0.15, 0.2) is 24.3 Å². The SMILES string of the molecule is CC(C)(C)OC(=O)[C@@H]1CNC[C@H]1c1ccccc1O. The maximum Gasteiger partial charge on any atom is 0.311 e. The quantitative estimate of drug-likeness (QED) is 0.802. The highest BCUT2D eigenvalue weighted by molar-refractivity contribution is 5.75. The molecule has 1 aliphatic heterocycles. The molecule has 0 amide bonds. The Hall–Kier alpha value is -1.55. The van der Waals surface area contributed by atoms with Gasteiger partial charge in [0.1, 0.15) is 11.4 Å². The molecular formula is C15H21NO3. The Labute approximate surface area is 113 Å². The number of phenolic OH excluding ortho intramolecular Hbond substituents is 1. The van der Waals surface area contributed by atoms with Crippen LogP contribution in [0.4, 0.5) is 0 Å². The van der Waals surface area contributed by atoms with Gasteiger partial charge in [-0.2, -0.15) is 0 Å². The van der Waals surface area contributed by atoms with Gasteiger partial charge >= 0.3 is 5.97 Å². The fourth-order valence-electron chi connectivity index (χ4n) is 2.43. The van der Waals surface area contributed by atoms with Gasteiger partial charge in [0.05, 0.1) is 5.92 Å². The molecule has 0 unspecified atom stereocenters. The van der Waals surface area contributed by atoms with Crippen molar-refractivity contribution >= 4 is 5.97 Å². The summed E-state index contributed by atoms with van der Waals surface area (Å²) in [5.41, 5.74) is 0.325. The Morgan fingerprint density at radius 3 is 2.63 bits per heavy atom. The first kappa shape index (κ1) is 13.9. The van der Waals surface area contributed by atoms with E-state index in [0.29, 0.717) is 13.1 Å². The predicted octanol–water partition coefficient (Wildman–Crippen LogP) is 2.04. The molecule has 0 bridgehead atoms. The van der Waals surface area contributed by atoms with E-state index in [4.69, 9.17) is 4.74 Å². The highest BCUT2D eigenvalue weighted by Crippen LogP contribution is 2.34. The van der Waals surface area contributed by atoms with Crippen LogP contribution in [-0.2, 0) is 9.53 Å². The van der Waals surface area contributed by atoms with Gasteiger partial charge in [-0.05, 0) is 32.4 Å². The number of phenols is 1. The minimum absolute atomic E-state index is 0.0314. The molecule has 1 saturated heterocycles. The van der Waals surface area contributed by atoms with E-state index in [1.165, 1.54) is 0 Å². The Morgan fingerprint density at radius 1 is 1.32 bits per heavy atom. The first-order valence-electron chi connectivity index (χ1n) is 6.60. The van der Waals surface area contributed by atoms with Crippen molar-refractivity contribution in [1.82, 2.24) is 5.32 Å². The van der Waals surface area contributed by atoms with Gasteiger partial charge < -0.3 is 15.2 Å². The summed E-state index contributed by atoms with van der Waals surface area (Å²) in [6.07, 6.45) is 0. The Kier molecular flexibility index (Phi) is 3.80. The lowest BCUT2D eigenvalue weighted by Crippen LogP contribution is -2.31. The van der Waals surface area contributed by atoms with Crippen LogP contribution >= 0.6 is 0 Å². The van der Waals surface area contributed by atoms with Crippen LogP contribution < -0.4 is 5.32 Å². The van der Waals surface area contributed by atoms with Gasteiger partial charge in [0.2, 0.25) is 0 Å². The van der Waals surface area contributed by atoms with Crippen molar-refractivity contribution in [3.05, 3.63) is 29.8 Å². The van der Waals surface area contributed by atoms with Crippen LogP contribution in [0.3, 0.4) is 0 Å². The third kappa shape index (κ3) is 3.26. The van der Waals surface area contributed by atoms with Gasteiger partial charge in [-0.15, -0.1) is 0 Å². The largest absolute Gasteiger partial charge is 0.508 e. The van der Waals surface area contributed by atoms with Crippen molar-refractivity contribution in [2.24, 2.45) is 5.92 Å². The van der Waals surface area contributed by atoms with Crippen LogP contribution in [0.5, 0.6) is 5.75 Å². The number of hydrogen-bond donors (Lipinski definition) is 2. The number of carbonyl (C=O) groups excluding carboxylic acids is 1. The van der Waals surface area contributed by atoms with E-state index < -0.39 is 5.60 Å². The average Bonchev–Trinajstić information content (AvgIpc) is 2.76. The number of rotatable bonds is 2. The van der Waals surface area contributed by atoms with E-state index in [2.05, 4.69) is 5.32 Å². The third-order valence-electron chi connectivity index (χ3n) is 3.26. The van der Waals surface area contributed by atoms with Gasteiger partial charge in [-0.25, -0.2) is 0 Å². The maximum absolute atomic E-state index is 12.2. The molecule has 0 aromatic heterocycles. The van der Waals surface area contributed by atoms with Crippen LogP contribution in [0, 0.1) is 5.92 Å². The summed E-state index contributed by atoms with van der Waals surface area (Å²) in [5, 5.41) is 13.1. The second-order valence-electron chi connectivity index (χ2n) is 5.96. The van der Waals surface area contributed by atoms with Crippen molar-refractivity contribution in [2.75, 3.05) is 13.1 Å². The third-order valence-corrected chi connectivity index (χ3v) is 3.26. The summed E-state index contributed by atoms with van der Waals surface area (Å²) in [7, 11) is 0. The van der Waals surface area contributed by atoms with Gasteiger partial charge in [0.15, 0.2) is 0 Å². The van der Waals surface area contributed by atoms with E-state index in [9.17, 15) is 9.90 Å². The molecule has 2 atom stereocenters. The first-order chi connectivity index (χ1) is 8.88. The molecule has 0 aliphatic carbocycles. The smallest absolute Gasteiger partial charge is 0.311 e. The van der Waals surface area contributed by atoms with Gasteiger partial charge in [-0.3, -0.25) is 4.79 Å². The molecule has 0 spiro atoms. The summed E-state index contributed by atoms with van der Waals surface area (Å²) >= 11 is 0. The average molecular weight is 263 g/mol. The molecule has 1 heterocycles. The Bertz CT molecular complexity index is 465. The normalized spacial score (nSPS) is 23.3. The summed E-state index contributed by atoms with van der Waals surface area (Å²) in [5.74, 6) is -0.237. The highest BCUT2D eigenvalue weighted by Gasteiger charge is 2.37. The molecule has 104 valence electrons. The predicted molar refractivity (Wildman–Crippen MR) is 73.1 cm³/mol. The van der Waals surface area contributed by atoms with Crippen LogP contribution in [0.2, 0.25) is 0 Å². The highest BCUT2D eigenvalue weighted by atomic mass is 16.6. The standard InChI is InChI=1S/C15H21NO3/c1-15(2,3)19-14(18)12-9-16-8-11(12)10-6-4-5-7-13(10)17/h4-7,11-12,16-17H,8-9H2,1-3H3/t11-,12+/m0/s1. The second-order valence-corrected chi connectivity index (χ2v) is 5.96. The lowest BCUT2D eigenvalue weighted by molar-refractivity contribution is -0.159. The number of carbonyl (C=O) groups is 1. The molecule has 0 saturated carbocycles. The monoisotopic (exact) mass is 263 g/mol. The molecule has 2 rings (SSSR count). The number of benzene rings is 1. The number of para-hydroxylation sites is 1. The molecule has 4 nitrogen and oxygen atoms in total. The molecule has 1 aromatic rings. The van der Waals surface area contributed by atoms with Gasteiger partial charge in [0.25, 0.3) is 0 Å². The van der Waals surface area contributed by atoms with Crippen molar-refractivity contribution in [3.63, 3.8) is 0 Å². The maximum atomic E-state index is 12.2. The zero-order valence-electron chi connectivity index (χ0n) is 11.6. The lowest BCUT2D eigenvalue weighted by atomic mass is 9.88. The van der Waals surface area contributed by atoms with Crippen molar-refractivity contribution < 1.29 is 14.6 Å². The molecular weight excluding hydrogens is 242 g/mol. The number of esters is 1. The molecule has 1 aromatic carbocycles. The van der Waals surface area contributed by atoms with Crippen molar-refractivity contribution in [1.29, 1.82) is 0 Å². The zero-order valence-corrected chi connectivity index (χ0v) is 11.6. The molecule has 4 heteroatoms. The topological polar surface area (TPSA) is 58.6 Å². The lowest BCUT2D eigenvalue weighted by Gasteiger charge is -2.24. The number of hydrogen-bond acceptors (Lipinski definition) is 4. The molecule has 1 aliphatic rings. The first-order valence-corrected chi connectivity index (χ1v) is 6.60. The van der Waals surface area contributed by atoms with Crippen LogP contribution in [0.25, 0.3) is 0 Å². The summed E-state index contributed by atoms with van der Waals surface area (Å²) in [6, 6.07) is 7.17. The van der Waals surface area contributed by atoms with E-state index in [1.807, 2.05) is 32.9 Å². The van der Waals surface area contributed by atoms with Gasteiger partial charge in [0, 0.05) is 19.0 Å². The molecule has 0 radical (unpaired) electrons. The number of ether oxygens (including phenoxy) is 1. The zero-order chi connectivity index (χ0) is 14.0. The molecule has 1 fully saturated rings. The minimum atomic E-state index is -0.483. The van der Waals surface area contributed by atoms with Crippen molar-refractivity contribution in [2.45, 2.75) is 32.3 Å². The Balaban J connectivity index is 2.18.